The van der Waals surface area contributed by atoms with Gasteiger partial charge in [0.2, 0.25) is 0 Å². The first-order valence-electron chi connectivity index (χ1n) is 10.1. The Morgan fingerprint density at radius 2 is 1.75 bits per heavy atom. The molecule has 0 aliphatic rings. The molecule has 4 rings (SSSR count). The highest BCUT2D eigenvalue weighted by Crippen LogP contribution is 2.25. The molecule has 2 aromatic carbocycles. The summed E-state index contributed by atoms with van der Waals surface area (Å²) in [5.41, 5.74) is 3.69. The van der Waals surface area contributed by atoms with Crippen LogP contribution >= 0.6 is 0 Å². The molecule has 0 unspecified atom stereocenters. The van der Waals surface area contributed by atoms with Gasteiger partial charge in [-0.05, 0) is 32.0 Å². The van der Waals surface area contributed by atoms with E-state index < -0.39 is 5.97 Å². The number of aromatic nitrogens is 4. The van der Waals surface area contributed by atoms with Crippen LogP contribution in [0.2, 0.25) is 0 Å². The molecule has 8 heteroatoms. The Hall–Kier alpha value is -4.33. The van der Waals surface area contributed by atoms with Gasteiger partial charge in [-0.1, -0.05) is 36.4 Å². The van der Waals surface area contributed by atoms with Crippen LogP contribution in [-0.4, -0.2) is 32.5 Å². The molecule has 0 saturated carbocycles. The van der Waals surface area contributed by atoms with E-state index in [0.29, 0.717) is 17.5 Å². The molecule has 2 N–H and O–H groups in total. The topological polar surface area (TPSA) is 102 Å². The molecule has 4 aromatic rings. The maximum Gasteiger partial charge on any atom is 0.343 e. The first kappa shape index (κ1) is 20.9. The Kier molecular flexibility index (Phi) is 6.31. The van der Waals surface area contributed by atoms with E-state index in [4.69, 9.17) is 4.74 Å². The first-order chi connectivity index (χ1) is 15.6. The van der Waals surface area contributed by atoms with Crippen molar-refractivity contribution < 1.29 is 9.53 Å². The largest absolute Gasteiger partial charge is 0.462 e. The average molecular weight is 426 g/mol. The first-order valence-corrected chi connectivity index (χ1v) is 10.1. The van der Waals surface area contributed by atoms with Crippen molar-refractivity contribution >= 4 is 29.0 Å². The summed E-state index contributed by atoms with van der Waals surface area (Å²) >= 11 is 0. The van der Waals surface area contributed by atoms with Crippen LogP contribution in [0.4, 0.5) is 23.0 Å². The van der Waals surface area contributed by atoms with Gasteiger partial charge in [0.15, 0.2) is 0 Å². The Bertz CT molecular complexity index is 1230. The fraction of sp³-hybridized carbons (Fsp3) is 0.125. The number of hydrogen-bond donors (Lipinski definition) is 2. The van der Waals surface area contributed by atoms with Crippen LogP contribution in [0.5, 0.6) is 0 Å². The van der Waals surface area contributed by atoms with Crippen molar-refractivity contribution in [3.63, 3.8) is 0 Å². The summed E-state index contributed by atoms with van der Waals surface area (Å²) in [5, 5.41) is 6.49. The summed E-state index contributed by atoms with van der Waals surface area (Å²) in [6, 6.07) is 19.5. The second-order valence-electron chi connectivity index (χ2n) is 6.89. The van der Waals surface area contributed by atoms with Gasteiger partial charge < -0.3 is 15.4 Å². The Labute approximate surface area is 185 Å². The monoisotopic (exact) mass is 426 g/mol. The number of anilines is 4. The second kappa shape index (κ2) is 9.65. The minimum absolute atomic E-state index is 0.270. The Morgan fingerprint density at radius 1 is 0.969 bits per heavy atom. The van der Waals surface area contributed by atoms with Gasteiger partial charge in [-0.2, -0.15) is 0 Å². The Balaban J connectivity index is 1.56. The number of esters is 1. The molecule has 0 aliphatic heterocycles. The molecule has 0 atom stereocenters. The minimum atomic E-state index is -0.477. The quantitative estimate of drug-likeness (QED) is 0.402. The fourth-order valence-electron chi connectivity index (χ4n) is 3.14. The summed E-state index contributed by atoms with van der Waals surface area (Å²) < 4.78 is 5.08. The van der Waals surface area contributed by atoms with Crippen molar-refractivity contribution in [3.8, 4) is 11.3 Å². The van der Waals surface area contributed by atoms with Gasteiger partial charge in [0.05, 0.1) is 12.3 Å². The van der Waals surface area contributed by atoms with Crippen LogP contribution < -0.4 is 10.6 Å². The van der Waals surface area contributed by atoms with Crippen LogP contribution in [0.25, 0.3) is 11.3 Å². The summed E-state index contributed by atoms with van der Waals surface area (Å²) in [5.74, 6) is 1.25. The van der Waals surface area contributed by atoms with Crippen LogP contribution in [0.1, 0.15) is 23.1 Å². The van der Waals surface area contributed by atoms with Gasteiger partial charge in [0.25, 0.3) is 0 Å². The van der Waals surface area contributed by atoms with E-state index in [2.05, 4.69) is 30.6 Å². The van der Waals surface area contributed by atoms with Crippen molar-refractivity contribution in [1.29, 1.82) is 0 Å². The third-order valence-electron chi connectivity index (χ3n) is 4.51. The highest BCUT2D eigenvalue weighted by molar-refractivity contribution is 5.95. The van der Waals surface area contributed by atoms with E-state index in [1.54, 1.807) is 6.92 Å². The number of rotatable bonds is 7. The molecule has 0 aliphatic carbocycles. The van der Waals surface area contributed by atoms with E-state index in [-0.39, 0.29) is 12.2 Å². The summed E-state index contributed by atoms with van der Waals surface area (Å²) in [7, 11) is 0. The van der Waals surface area contributed by atoms with Crippen LogP contribution in [0.3, 0.4) is 0 Å². The normalized spacial score (nSPS) is 10.4. The Morgan fingerprint density at radius 3 is 2.53 bits per heavy atom. The minimum Gasteiger partial charge on any atom is -0.462 e. The van der Waals surface area contributed by atoms with E-state index in [0.717, 1.165) is 22.6 Å². The predicted molar refractivity (Wildman–Crippen MR) is 123 cm³/mol. The number of aryl methyl sites for hydroxylation is 1. The van der Waals surface area contributed by atoms with Crippen molar-refractivity contribution in [1.82, 2.24) is 19.9 Å². The zero-order valence-electron chi connectivity index (χ0n) is 17.7. The van der Waals surface area contributed by atoms with Crippen LogP contribution in [0.15, 0.2) is 73.2 Å². The lowest BCUT2D eigenvalue weighted by molar-refractivity contribution is 0.0526. The molecule has 32 heavy (non-hydrogen) atoms. The lowest BCUT2D eigenvalue weighted by atomic mass is 10.1. The molecule has 0 radical (unpaired) electrons. The fourth-order valence-corrected chi connectivity index (χ4v) is 3.14. The van der Waals surface area contributed by atoms with E-state index in [1.807, 2.05) is 67.6 Å². The van der Waals surface area contributed by atoms with Crippen LogP contribution in [-0.2, 0) is 4.74 Å². The maximum atomic E-state index is 12.2. The third kappa shape index (κ3) is 5.04. The second-order valence-corrected chi connectivity index (χ2v) is 6.89. The average Bonchev–Trinajstić information content (AvgIpc) is 2.80. The summed E-state index contributed by atoms with van der Waals surface area (Å²) in [6.07, 6.45) is 2.81. The van der Waals surface area contributed by atoms with Gasteiger partial charge >= 0.3 is 5.97 Å². The predicted octanol–water partition coefficient (Wildman–Crippen LogP) is 4.91. The lowest BCUT2D eigenvalue weighted by Gasteiger charge is -2.12. The number of benzene rings is 2. The molecule has 2 aromatic heterocycles. The van der Waals surface area contributed by atoms with Gasteiger partial charge in [-0.15, -0.1) is 0 Å². The standard InChI is InChI=1S/C24H22N6O2/c1-3-32-24(31)20-14-25-15-26-23(20)30-19-11-7-10-18(12-19)29-22-13-21(27-16(2)28-22)17-8-5-4-6-9-17/h4-15H,3H2,1-2H3,(H,25,26,30)(H,27,28,29). The number of carbonyl (C=O) groups excluding carboxylic acids is 1. The maximum absolute atomic E-state index is 12.2. The van der Waals surface area contributed by atoms with E-state index >= 15 is 0 Å². The zero-order valence-corrected chi connectivity index (χ0v) is 17.7. The molecule has 8 nitrogen and oxygen atoms in total. The molecule has 0 spiro atoms. The third-order valence-corrected chi connectivity index (χ3v) is 4.51. The molecule has 0 bridgehead atoms. The van der Waals surface area contributed by atoms with Crippen molar-refractivity contribution in [3.05, 3.63) is 84.6 Å². The molecular weight excluding hydrogens is 404 g/mol. The van der Waals surface area contributed by atoms with Crippen molar-refractivity contribution in [2.24, 2.45) is 0 Å². The number of ether oxygens (including phenoxy) is 1. The van der Waals surface area contributed by atoms with Crippen molar-refractivity contribution in [2.45, 2.75) is 13.8 Å². The number of nitrogens with one attached hydrogen (secondary N) is 2. The van der Waals surface area contributed by atoms with E-state index in [1.165, 1.54) is 12.5 Å². The smallest absolute Gasteiger partial charge is 0.343 e. The van der Waals surface area contributed by atoms with Gasteiger partial charge in [0.1, 0.15) is 29.4 Å². The summed E-state index contributed by atoms with van der Waals surface area (Å²) in [6.45, 7) is 3.89. The SMILES string of the molecule is CCOC(=O)c1cncnc1Nc1cccc(Nc2cc(-c3ccccc3)nc(C)n2)c1. The number of hydrogen-bond acceptors (Lipinski definition) is 8. The van der Waals surface area contributed by atoms with E-state index in [9.17, 15) is 4.79 Å². The molecule has 160 valence electrons. The van der Waals surface area contributed by atoms with Gasteiger partial charge in [-0.25, -0.2) is 24.7 Å². The van der Waals surface area contributed by atoms with Gasteiger partial charge in [0, 0.05) is 29.2 Å². The van der Waals surface area contributed by atoms with Crippen LogP contribution in [0, 0.1) is 6.92 Å². The van der Waals surface area contributed by atoms with Gasteiger partial charge in [-0.3, -0.25) is 0 Å². The molecular formula is C24H22N6O2. The molecule has 2 heterocycles. The summed E-state index contributed by atoms with van der Waals surface area (Å²) in [4.78, 5) is 29.3. The molecule has 0 saturated heterocycles. The highest BCUT2D eigenvalue weighted by Gasteiger charge is 2.14. The molecule has 0 amide bonds. The number of carbonyl (C=O) groups is 1. The number of nitrogens with zero attached hydrogens (tertiary/aromatic N) is 4. The lowest BCUT2D eigenvalue weighted by Crippen LogP contribution is -2.10. The zero-order chi connectivity index (χ0) is 22.3. The van der Waals surface area contributed by atoms with Crippen molar-refractivity contribution in [2.75, 3.05) is 17.2 Å². The highest BCUT2D eigenvalue weighted by atomic mass is 16.5. The molecule has 0 fully saturated rings.